The molecule has 2 unspecified atom stereocenters. The largest absolute Gasteiger partial charge is 0.375 e. The second-order valence-electron chi connectivity index (χ2n) is 4.14. The quantitative estimate of drug-likeness (QED) is 0.693. The molecule has 1 saturated heterocycles. The van der Waals surface area contributed by atoms with E-state index in [1.165, 1.54) is 0 Å². The number of nitrogens with one attached hydrogen (secondary N) is 1. The summed E-state index contributed by atoms with van der Waals surface area (Å²) in [7, 11) is 0. The van der Waals surface area contributed by atoms with Crippen LogP contribution in [0.15, 0.2) is 0 Å². The zero-order chi connectivity index (χ0) is 10.8. The van der Waals surface area contributed by atoms with Crippen LogP contribution < -0.4 is 11.1 Å². The maximum atomic E-state index is 11.5. The second-order valence-corrected chi connectivity index (χ2v) is 4.14. The molecular weight excluding hydrogens is 180 g/mol. The summed E-state index contributed by atoms with van der Waals surface area (Å²) in [4.78, 5) is 11.5. The summed E-state index contributed by atoms with van der Waals surface area (Å²) in [5, 5.41) is 3.20. The molecule has 1 heterocycles. The number of amides is 1. The van der Waals surface area contributed by atoms with E-state index in [0.717, 1.165) is 6.54 Å². The first-order valence-electron chi connectivity index (χ1n) is 5.20. The Morgan fingerprint density at radius 1 is 1.50 bits per heavy atom. The maximum absolute atomic E-state index is 11.5. The summed E-state index contributed by atoms with van der Waals surface area (Å²) in [6.45, 7) is 6.69. The predicted octanol–water partition coefficient (Wildman–Crippen LogP) is 0.407. The van der Waals surface area contributed by atoms with Gasteiger partial charge in [-0.25, -0.2) is 0 Å². The molecule has 1 rings (SSSR count). The lowest BCUT2D eigenvalue weighted by molar-refractivity contribution is -0.135. The number of rotatable bonds is 3. The molecule has 2 atom stereocenters. The Morgan fingerprint density at radius 2 is 2.00 bits per heavy atom. The summed E-state index contributed by atoms with van der Waals surface area (Å²) >= 11 is 0. The third-order valence-corrected chi connectivity index (χ3v) is 2.72. The van der Waals surface area contributed by atoms with E-state index in [9.17, 15) is 4.79 Å². The highest BCUT2D eigenvalue weighted by atomic mass is 16.5. The van der Waals surface area contributed by atoms with Crippen LogP contribution in [0.1, 0.15) is 33.6 Å². The lowest BCUT2D eigenvalue weighted by atomic mass is 9.83. The van der Waals surface area contributed by atoms with Crippen LogP contribution in [0.3, 0.4) is 0 Å². The first-order valence-corrected chi connectivity index (χ1v) is 5.20. The SMILES string of the molecule is CCNC1(C(N)=O)CC(C)OC(C)C1. The molecule has 1 aliphatic rings. The molecule has 0 bridgehead atoms. The molecule has 0 aliphatic carbocycles. The van der Waals surface area contributed by atoms with Gasteiger partial charge in [0.25, 0.3) is 0 Å². The fourth-order valence-electron chi connectivity index (χ4n) is 2.33. The van der Waals surface area contributed by atoms with E-state index < -0.39 is 5.54 Å². The van der Waals surface area contributed by atoms with E-state index in [1.54, 1.807) is 0 Å². The van der Waals surface area contributed by atoms with Crippen molar-refractivity contribution in [1.82, 2.24) is 5.32 Å². The van der Waals surface area contributed by atoms with Crippen molar-refractivity contribution >= 4 is 5.91 Å². The molecular formula is C10H20N2O2. The molecule has 0 aromatic carbocycles. The average molecular weight is 200 g/mol. The zero-order valence-corrected chi connectivity index (χ0v) is 9.17. The smallest absolute Gasteiger partial charge is 0.237 e. The van der Waals surface area contributed by atoms with E-state index in [2.05, 4.69) is 5.32 Å². The van der Waals surface area contributed by atoms with Gasteiger partial charge in [-0.15, -0.1) is 0 Å². The highest BCUT2D eigenvalue weighted by molar-refractivity contribution is 5.84. The van der Waals surface area contributed by atoms with Gasteiger partial charge < -0.3 is 15.8 Å². The van der Waals surface area contributed by atoms with E-state index in [-0.39, 0.29) is 18.1 Å². The van der Waals surface area contributed by atoms with Crippen LogP contribution in [-0.2, 0) is 9.53 Å². The molecule has 14 heavy (non-hydrogen) atoms. The van der Waals surface area contributed by atoms with Crippen LogP contribution in [0.5, 0.6) is 0 Å². The van der Waals surface area contributed by atoms with Gasteiger partial charge in [-0.05, 0) is 20.4 Å². The number of hydrogen-bond donors (Lipinski definition) is 2. The Balaban J connectivity index is 2.79. The normalized spacial score (nSPS) is 38.2. The number of carbonyl (C=O) groups is 1. The number of primary amides is 1. The topological polar surface area (TPSA) is 64.3 Å². The molecule has 0 spiro atoms. The van der Waals surface area contributed by atoms with Crippen LogP contribution >= 0.6 is 0 Å². The van der Waals surface area contributed by atoms with E-state index in [1.807, 2.05) is 20.8 Å². The Kier molecular flexibility index (Phi) is 3.50. The van der Waals surface area contributed by atoms with Gasteiger partial charge >= 0.3 is 0 Å². The highest BCUT2D eigenvalue weighted by Crippen LogP contribution is 2.28. The third-order valence-electron chi connectivity index (χ3n) is 2.72. The summed E-state index contributed by atoms with van der Waals surface area (Å²) in [6, 6.07) is 0. The van der Waals surface area contributed by atoms with Crippen molar-refractivity contribution in [3.63, 3.8) is 0 Å². The number of nitrogens with two attached hydrogens (primary N) is 1. The summed E-state index contributed by atoms with van der Waals surface area (Å²) in [5.41, 5.74) is 4.89. The number of carbonyl (C=O) groups excluding carboxylic acids is 1. The van der Waals surface area contributed by atoms with Gasteiger partial charge in [-0.1, -0.05) is 6.92 Å². The van der Waals surface area contributed by atoms with Gasteiger partial charge in [0.2, 0.25) is 5.91 Å². The van der Waals surface area contributed by atoms with Gasteiger partial charge in [0.15, 0.2) is 0 Å². The first-order chi connectivity index (χ1) is 6.50. The van der Waals surface area contributed by atoms with E-state index in [0.29, 0.717) is 12.8 Å². The summed E-state index contributed by atoms with van der Waals surface area (Å²) in [6.07, 6.45) is 1.51. The molecule has 1 fully saturated rings. The molecule has 1 amide bonds. The minimum absolute atomic E-state index is 0.0882. The fourth-order valence-corrected chi connectivity index (χ4v) is 2.33. The van der Waals surface area contributed by atoms with Gasteiger partial charge in [0.1, 0.15) is 5.54 Å². The van der Waals surface area contributed by atoms with Crippen LogP contribution in [-0.4, -0.2) is 30.2 Å². The van der Waals surface area contributed by atoms with Crippen molar-refractivity contribution in [3.8, 4) is 0 Å². The van der Waals surface area contributed by atoms with Crippen molar-refractivity contribution < 1.29 is 9.53 Å². The van der Waals surface area contributed by atoms with Crippen LogP contribution in [0.25, 0.3) is 0 Å². The van der Waals surface area contributed by atoms with E-state index in [4.69, 9.17) is 10.5 Å². The Bertz CT molecular complexity index is 208. The third kappa shape index (κ3) is 2.25. The maximum Gasteiger partial charge on any atom is 0.237 e. The number of ether oxygens (including phenoxy) is 1. The lowest BCUT2D eigenvalue weighted by Gasteiger charge is -2.41. The fraction of sp³-hybridized carbons (Fsp3) is 0.900. The van der Waals surface area contributed by atoms with Gasteiger partial charge in [0, 0.05) is 12.8 Å². The molecule has 0 saturated carbocycles. The monoisotopic (exact) mass is 200 g/mol. The zero-order valence-electron chi connectivity index (χ0n) is 9.17. The summed E-state index contributed by atoms with van der Waals surface area (Å²) in [5.74, 6) is -0.263. The van der Waals surface area contributed by atoms with Gasteiger partial charge in [-0.2, -0.15) is 0 Å². The van der Waals surface area contributed by atoms with Gasteiger partial charge in [0.05, 0.1) is 12.2 Å². The molecule has 4 heteroatoms. The molecule has 4 nitrogen and oxygen atoms in total. The lowest BCUT2D eigenvalue weighted by Crippen LogP contribution is -2.61. The predicted molar refractivity (Wildman–Crippen MR) is 54.8 cm³/mol. The molecule has 0 radical (unpaired) electrons. The molecule has 82 valence electrons. The minimum Gasteiger partial charge on any atom is -0.375 e. The Labute approximate surface area is 85.2 Å². The molecule has 0 aromatic heterocycles. The van der Waals surface area contributed by atoms with Crippen LogP contribution in [0.2, 0.25) is 0 Å². The van der Waals surface area contributed by atoms with Gasteiger partial charge in [-0.3, -0.25) is 4.79 Å². The first kappa shape index (κ1) is 11.5. The van der Waals surface area contributed by atoms with E-state index >= 15 is 0 Å². The molecule has 3 N–H and O–H groups in total. The van der Waals surface area contributed by atoms with Crippen molar-refractivity contribution in [2.24, 2.45) is 5.73 Å². The van der Waals surface area contributed by atoms with Crippen molar-refractivity contribution in [1.29, 1.82) is 0 Å². The van der Waals surface area contributed by atoms with Crippen molar-refractivity contribution in [2.75, 3.05) is 6.54 Å². The average Bonchev–Trinajstić information content (AvgIpc) is 2.02. The Hall–Kier alpha value is -0.610. The van der Waals surface area contributed by atoms with Crippen LogP contribution in [0.4, 0.5) is 0 Å². The Morgan fingerprint density at radius 3 is 2.36 bits per heavy atom. The van der Waals surface area contributed by atoms with Crippen molar-refractivity contribution in [2.45, 2.75) is 51.4 Å². The number of likely N-dealkylation sites (N-methyl/N-ethyl adjacent to an activating group) is 1. The van der Waals surface area contributed by atoms with Crippen LogP contribution in [0, 0.1) is 0 Å². The highest BCUT2D eigenvalue weighted by Gasteiger charge is 2.42. The molecule has 1 aliphatic heterocycles. The second kappa shape index (κ2) is 4.28. The van der Waals surface area contributed by atoms with Crippen molar-refractivity contribution in [3.05, 3.63) is 0 Å². The number of hydrogen-bond acceptors (Lipinski definition) is 3. The molecule has 0 aromatic rings. The summed E-state index contributed by atoms with van der Waals surface area (Å²) < 4.78 is 5.59. The minimum atomic E-state index is -0.564. The standard InChI is InChI=1S/C10H20N2O2/c1-4-12-10(9(11)13)5-7(2)14-8(3)6-10/h7-8,12H,4-6H2,1-3H3,(H2,11,13).